The lowest BCUT2D eigenvalue weighted by molar-refractivity contribution is -0.131. The van der Waals surface area contributed by atoms with Crippen LogP contribution >= 0.6 is 0 Å². The lowest BCUT2D eigenvalue weighted by Crippen LogP contribution is -2.49. The first-order valence-corrected chi connectivity index (χ1v) is 6.34. The van der Waals surface area contributed by atoms with Crippen LogP contribution in [0.3, 0.4) is 0 Å². The van der Waals surface area contributed by atoms with Crippen LogP contribution in [0.15, 0.2) is 0 Å². The van der Waals surface area contributed by atoms with Crippen molar-refractivity contribution in [2.24, 2.45) is 0 Å². The fraction of sp³-hybridized carbons (Fsp3) is 0.917. The maximum Gasteiger partial charge on any atom is 0.236 e. The van der Waals surface area contributed by atoms with E-state index in [-0.39, 0.29) is 5.91 Å². The quantitative estimate of drug-likeness (QED) is 0.747. The van der Waals surface area contributed by atoms with E-state index in [4.69, 9.17) is 0 Å². The molecule has 2 rings (SSSR count). The highest BCUT2D eigenvalue weighted by Crippen LogP contribution is 2.18. The fourth-order valence-electron chi connectivity index (χ4n) is 2.30. The molecule has 1 aliphatic carbocycles. The molecule has 1 heterocycles. The molecule has 0 bridgehead atoms. The van der Waals surface area contributed by atoms with Gasteiger partial charge in [-0.3, -0.25) is 4.79 Å². The van der Waals surface area contributed by atoms with Crippen LogP contribution in [-0.2, 0) is 4.79 Å². The highest BCUT2D eigenvalue weighted by molar-refractivity contribution is 5.78. The van der Waals surface area contributed by atoms with E-state index in [9.17, 15) is 4.79 Å². The normalized spacial score (nSPS) is 26.8. The van der Waals surface area contributed by atoms with Crippen molar-refractivity contribution in [3.63, 3.8) is 0 Å². The molecule has 1 unspecified atom stereocenters. The van der Waals surface area contributed by atoms with Crippen molar-refractivity contribution in [1.82, 2.24) is 15.1 Å². The predicted octanol–water partition coefficient (Wildman–Crippen LogP) is 0.291. The van der Waals surface area contributed by atoms with Crippen molar-refractivity contribution in [3.8, 4) is 0 Å². The number of hydrogen-bond donors (Lipinski definition) is 1. The van der Waals surface area contributed by atoms with E-state index >= 15 is 0 Å². The summed E-state index contributed by atoms with van der Waals surface area (Å²) in [5.74, 6) is 0.243. The molecule has 1 amide bonds. The molecule has 2 fully saturated rings. The molecule has 1 saturated carbocycles. The number of rotatable bonds is 4. The smallest absolute Gasteiger partial charge is 0.236 e. The molecule has 1 atom stereocenters. The molecular formula is C12H23N3O. The lowest BCUT2D eigenvalue weighted by Gasteiger charge is -2.35. The topological polar surface area (TPSA) is 35.6 Å². The van der Waals surface area contributed by atoms with Crippen LogP contribution in [0.1, 0.15) is 25.7 Å². The zero-order valence-electron chi connectivity index (χ0n) is 10.4. The van der Waals surface area contributed by atoms with E-state index in [2.05, 4.69) is 17.3 Å². The average Bonchev–Trinajstić information content (AvgIpc) is 3.08. The summed E-state index contributed by atoms with van der Waals surface area (Å²) < 4.78 is 0. The Morgan fingerprint density at radius 2 is 2.19 bits per heavy atom. The second-order valence-corrected chi connectivity index (χ2v) is 5.22. The second-order valence-electron chi connectivity index (χ2n) is 5.22. The van der Waals surface area contributed by atoms with Gasteiger partial charge in [0.2, 0.25) is 5.91 Å². The van der Waals surface area contributed by atoms with Gasteiger partial charge in [-0.2, -0.15) is 0 Å². The Morgan fingerprint density at radius 1 is 1.44 bits per heavy atom. The summed E-state index contributed by atoms with van der Waals surface area (Å²) in [4.78, 5) is 16.2. The van der Waals surface area contributed by atoms with Gasteiger partial charge in [0, 0.05) is 25.7 Å². The van der Waals surface area contributed by atoms with Crippen molar-refractivity contribution in [2.75, 3.05) is 33.7 Å². The number of amides is 1. The third-order valence-electron chi connectivity index (χ3n) is 3.66. The molecular weight excluding hydrogens is 202 g/mol. The van der Waals surface area contributed by atoms with Gasteiger partial charge in [-0.05, 0) is 39.3 Å². The number of nitrogens with zero attached hydrogens (tertiary/aromatic N) is 2. The van der Waals surface area contributed by atoms with Crippen LogP contribution in [0.4, 0.5) is 0 Å². The number of hydrogen-bond acceptors (Lipinski definition) is 3. The first-order chi connectivity index (χ1) is 7.66. The number of carbonyl (C=O) groups is 1. The molecule has 0 aromatic heterocycles. The van der Waals surface area contributed by atoms with Gasteiger partial charge in [0.25, 0.3) is 0 Å². The van der Waals surface area contributed by atoms with Gasteiger partial charge in [-0.25, -0.2) is 0 Å². The number of likely N-dealkylation sites (tertiary alicyclic amines) is 1. The van der Waals surface area contributed by atoms with Crippen molar-refractivity contribution >= 4 is 5.91 Å². The van der Waals surface area contributed by atoms with E-state index in [1.54, 1.807) is 0 Å². The minimum absolute atomic E-state index is 0.243. The molecule has 0 aromatic carbocycles. The highest BCUT2D eigenvalue weighted by atomic mass is 16.2. The highest BCUT2D eigenvalue weighted by Gasteiger charge is 2.26. The van der Waals surface area contributed by atoms with Gasteiger partial charge < -0.3 is 15.1 Å². The van der Waals surface area contributed by atoms with E-state index in [1.165, 1.54) is 25.8 Å². The van der Waals surface area contributed by atoms with E-state index in [1.807, 2.05) is 11.9 Å². The maximum atomic E-state index is 11.9. The Labute approximate surface area is 98.0 Å². The van der Waals surface area contributed by atoms with Gasteiger partial charge in [-0.15, -0.1) is 0 Å². The summed E-state index contributed by atoms with van der Waals surface area (Å²) in [5.41, 5.74) is 0. The zero-order valence-corrected chi connectivity index (χ0v) is 10.4. The number of piperidine rings is 1. The number of likely N-dealkylation sites (N-methyl/N-ethyl adjacent to an activating group) is 2. The van der Waals surface area contributed by atoms with Crippen molar-refractivity contribution < 1.29 is 4.79 Å². The average molecular weight is 225 g/mol. The predicted molar refractivity (Wildman–Crippen MR) is 64.3 cm³/mol. The molecule has 1 aliphatic heterocycles. The summed E-state index contributed by atoms with van der Waals surface area (Å²) in [6.07, 6.45) is 4.83. The van der Waals surface area contributed by atoms with E-state index < -0.39 is 0 Å². The molecule has 0 radical (unpaired) electrons. The molecule has 0 spiro atoms. The maximum absolute atomic E-state index is 11.9. The first-order valence-electron chi connectivity index (χ1n) is 6.34. The van der Waals surface area contributed by atoms with Gasteiger partial charge in [0.1, 0.15) is 0 Å². The largest absolute Gasteiger partial charge is 0.340 e. The standard InChI is InChI=1S/C12H23N3O/c1-14-7-3-4-11(9-14)15(2)12(16)8-13-10-5-6-10/h10-11,13H,3-9H2,1-2H3. The summed E-state index contributed by atoms with van der Waals surface area (Å²) in [6, 6.07) is 1.03. The third-order valence-corrected chi connectivity index (χ3v) is 3.66. The Morgan fingerprint density at radius 3 is 2.81 bits per heavy atom. The number of nitrogens with one attached hydrogen (secondary N) is 1. The molecule has 1 saturated heterocycles. The Hall–Kier alpha value is -0.610. The summed E-state index contributed by atoms with van der Waals surface area (Å²) in [5, 5.41) is 3.28. The van der Waals surface area contributed by atoms with Crippen LogP contribution in [-0.4, -0.2) is 61.5 Å². The Bertz CT molecular complexity index is 253. The molecule has 92 valence electrons. The second kappa shape index (κ2) is 5.15. The monoisotopic (exact) mass is 225 g/mol. The molecule has 2 aliphatic rings. The van der Waals surface area contributed by atoms with Gasteiger partial charge in [-0.1, -0.05) is 0 Å². The Balaban J connectivity index is 1.75. The minimum Gasteiger partial charge on any atom is -0.340 e. The summed E-state index contributed by atoms with van der Waals surface area (Å²) >= 11 is 0. The van der Waals surface area contributed by atoms with Crippen molar-refractivity contribution in [1.29, 1.82) is 0 Å². The third kappa shape index (κ3) is 3.19. The number of carbonyl (C=O) groups excluding carboxylic acids is 1. The summed E-state index contributed by atoms with van der Waals surface area (Å²) in [7, 11) is 4.08. The molecule has 0 aromatic rings. The Kier molecular flexibility index (Phi) is 3.82. The van der Waals surface area contributed by atoms with Crippen LogP contribution < -0.4 is 5.32 Å². The zero-order chi connectivity index (χ0) is 11.5. The minimum atomic E-state index is 0.243. The molecule has 1 N–H and O–H groups in total. The van der Waals surface area contributed by atoms with Crippen LogP contribution in [0, 0.1) is 0 Å². The van der Waals surface area contributed by atoms with Crippen molar-refractivity contribution in [2.45, 2.75) is 37.8 Å². The van der Waals surface area contributed by atoms with Crippen molar-refractivity contribution in [3.05, 3.63) is 0 Å². The summed E-state index contributed by atoms with van der Waals surface area (Å²) in [6.45, 7) is 2.70. The first kappa shape index (κ1) is 11.9. The van der Waals surface area contributed by atoms with E-state index in [0.29, 0.717) is 18.6 Å². The van der Waals surface area contributed by atoms with Gasteiger partial charge in [0.15, 0.2) is 0 Å². The van der Waals surface area contributed by atoms with E-state index in [0.717, 1.165) is 13.0 Å². The van der Waals surface area contributed by atoms with Crippen LogP contribution in [0.2, 0.25) is 0 Å². The fourth-order valence-corrected chi connectivity index (χ4v) is 2.30. The lowest BCUT2D eigenvalue weighted by atomic mass is 10.1. The van der Waals surface area contributed by atoms with Crippen LogP contribution in [0.5, 0.6) is 0 Å². The van der Waals surface area contributed by atoms with Gasteiger partial charge in [0.05, 0.1) is 6.54 Å². The molecule has 4 nitrogen and oxygen atoms in total. The molecule has 4 heteroatoms. The SMILES string of the molecule is CN1CCCC(N(C)C(=O)CNC2CC2)C1. The van der Waals surface area contributed by atoms with Crippen LogP contribution in [0.25, 0.3) is 0 Å². The molecule has 16 heavy (non-hydrogen) atoms. The van der Waals surface area contributed by atoms with Gasteiger partial charge >= 0.3 is 0 Å².